The number of para-hydroxylation sites is 1. The first kappa shape index (κ1) is 26.9. The second-order valence-electron chi connectivity index (χ2n) is 14.0. The third-order valence-electron chi connectivity index (χ3n) is 10.8. The van der Waals surface area contributed by atoms with Gasteiger partial charge in [0.15, 0.2) is 11.6 Å². The van der Waals surface area contributed by atoms with Crippen molar-refractivity contribution in [1.29, 1.82) is 0 Å². The molecule has 266 valence electrons. The fourth-order valence-electron chi connectivity index (χ4n) is 8.33. The Morgan fingerprint density at radius 2 is 1.04 bits per heavy atom. The zero-order valence-corrected chi connectivity index (χ0v) is 30.0. The van der Waals surface area contributed by atoms with Crippen molar-refractivity contribution in [2.45, 2.75) is 0 Å². The number of hydrogen-bond acceptors (Lipinski definition) is 5. The smallest absolute Gasteiger partial charge is 0.238 e. The van der Waals surface area contributed by atoms with Gasteiger partial charge in [-0.3, -0.25) is 4.57 Å². The van der Waals surface area contributed by atoms with Crippen molar-refractivity contribution >= 4 is 65.7 Å². The Bertz CT molecular complexity index is 3790. The SMILES string of the molecule is [2H]c1c([2H])c([2H])c(-c2nc(-c3ccc4c(c3)oc3cccc(-c5ccccc5)c34)nc(-n3c4ccccc4c4c5c(ccc43)oc3cccc(-c4ccccc4)c35)n2)c([2H])c1[2H]. The molecule has 0 radical (unpaired) electrons. The van der Waals surface area contributed by atoms with Crippen LogP contribution >= 0.6 is 0 Å². The molecule has 0 aliphatic carbocycles. The monoisotopic (exact) mass is 735 g/mol. The first-order chi connectivity index (χ1) is 30.3. The van der Waals surface area contributed by atoms with Gasteiger partial charge < -0.3 is 8.83 Å². The molecule has 4 heterocycles. The van der Waals surface area contributed by atoms with Crippen LogP contribution < -0.4 is 0 Å². The normalized spacial score (nSPS) is 13.1. The molecule has 0 saturated carbocycles. The molecular formula is C51H30N4O2. The number of fused-ring (bicyclic) bond motifs is 10. The van der Waals surface area contributed by atoms with Gasteiger partial charge in [0.2, 0.25) is 5.95 Å². The second-order valence-corrected chi connectivity index (χ2v) is 14.0. The van der Waals surface area contributed by atoms with Gasteiger partial charge in [-0.15, -0.1) is 0 Å². The Morgan fingerprint density at radius 1 is 0.404 bits per heavy atom. The molecule has 0 fully saturated rings. The molecule has 57 heavy (non-hydrogen) atoms. The van der Waals surface area contributed by atoms with Crippen molar-refractivity contribution in [3.8, 4) is 51.0 Å². The summed E-state index contributed by atoms with van der Waals surface area (Å²) in [6, 6.07) is 48.0. The van der Waals surface area contributed by atoms with E-state index in [-0.39, 0.29) is 23.2 Å². The van der Waals surface area contributed by atoms with Crippen molar-refractivity contribution < 1.29 is 15.7 Å². The fourth-order valence-corrected chi connectivity index (χ4v) is 8.33. The van der Waals surface area contributed by atoms with Crippen molar-refractivity contribution in [2.75, 3.05) is 0 Å². The molecule has 8 aromatic carbocycles. The van der Waals surface area contributed by atoms with Crippen molar-refractivity contribution in [3.05, 3.63) is 182 Å². The van der Waals surface area contributed by atoms with Gasteiger partial charge in [0.1, 0.15) is 22.3 Å². The summed E-state index contributed by atoms with van der Waals surface area (Å²) >= 11 is 0. The highest BCUT2D eigenvalue weighted by Crippen LogP contribution is 2.44. The zero-order chi connectivity index (χ0) is 41.8. The van der Waals surface area contributed by atoms with Crippen LogP contribution in [0.2, 0.25) is 0 Å². The van der Waals surface area contributed by atoms with Gasteiger partial charge in [0.05, 0.1) is 17.9 Å². The minimum absolute atomic E-state index is 0.0646. The largest absolute Gasteiger partial charge is 0.456 e. The van der Waals surface area contributed by atoms with Crippen LogP contribution in [0.1, 0.15) is 6.85 Å². The van der Waals surface area contributed by atoms with Gasteiger partial charge in [-0.2, -0.15) is 9.97 Å². The topological polar surface area (TPSA) is 69.9 Å². The zero-order valence-electron chi connectivity index (χ0n) is 35.0. The summed E-state index contributed by atoms with van der Waals surface area (Å²) in [5.41, 5.74) is 9.08. The minimum Gasteiger partial charge on any atom is -0.456 e. The quantitative estimate of drug-likeness (QED) is 0.176. The van der Waals surface area contributed by atoms with Crippen LogP contribution in [0.25, 0.3) is 117 Å². The summed E-state index contributed by atoms with van der Waals surface area (Å²) in [5, 5.41) is 5.68. The van der Waals surface area contributed by atoms with E-state index in [9.17, 15) is 0 Å². The fraction of sp³-hybridized carbons (Fsp3) is 0. The van der Waals surface area contributed by atoms with Crippen LogP contribution in [0, 0.1) is 0 Å². The van der Waals surface area contributed by atoms with E-state index in [4.69, 9.17) is 30.6 Å². The lowest BCUT2D eigenvalue weighted by atomic mass is 9.97. The van der Waals surface area contributed by atoms with Crippen LogP contribution in [-0.2, 0) is 0 Å². The first-order valence-corrected chi connectivity index (χ1v) is 18.6. The standard InChI is InChI=1S/C51H30N4O2/c1-4-14-31(15-5-1)35-21-12-24-41-45(35)38-27-26-34(30-44(38)57-41)50-52-49(33-18-8-3-9-19-33)53-51(54-50)55-39-23-11-10-20-37(39)46-40(55)28-29-43-48(46)47-36(22-13-25-42(47)56-43)32-16-6-2-7-17-32/h1-30H/i3D,8D,9D,18D,19D. The van der Waals surface area contributed by atoms with E-state index in [0.29, 0.717) is 11.1 Å². The van der Waals surface area contributed by atoms with Crippen molar-refractivity contribution in [2.24, 2.45) is 0 Å². The highest BCUT2D eigenvalue weighted by Gasteiger charge is 2.23. The summed E-state index contributed by atoms with van der Waals surface area (Å²) in [7, 11) is 0. The van der Waals surface area contributed by atoms with E-state index in [2.05, 4.69) is 42.5 Å². The van der Waals surface area contributed by atoms with E-state index in [1.807, 2.05) is 114 Å². The van der Waals surface area contributed by atoms with E-state index >= 15 is 0 Å². The molecule has 0 spiro atoms. The molecular weight excluding hydrogens is 701 g/mol. The lowest BCUT2D eigenvalue weighted by molar-refractivity contribution is 0.669. The number of benzene rings is 8. The van der Waals surface area contributed by atoms with Gasteiger partial charge in [-0.05, 0) is 64.7 Å². The van der Waals surface area contributed by atoms with Crippen molar-refractivity contribution in [3.63, 3.8) is 0 Å². The Morgan fingerprint density at radius 3 is 1.79 bits per heavy atom. The lowest BCUT2D eigenvalue weighted by Gasteiger charge is -2.11. The number of aromatic nitrogens is 4. The molecule has 0 N–H and O–H groups in total. The molecule has 0 unspecified atom stereocenters. The molecule has 0 atom stereocenters. The third kappa shape index (κ3) is 4.87. The molecule has 12 aromatic rings. The van der Waals surface area contributed by atoms with Gasteiger partial charge in [0.25, 0.3) is 0 Å². The Labute approximate surface area is 332 Å². The average Bonchev–Trinajstić information content (AvgIpc) is 4.00. The number of hydrogen-bond donors (Lipinski definition) is 0. The third-order valence-corrected chi connectivity index (χ3v) is 10.8. The van der Waals surface area contributed by atoms with Gasteiger partial charge in [0, 0.05) is 43.4 Å². The van der Waals surface area contributed by atoms with E-state index in [1.165, 1.54) is 0 Å². The molecule has 6 heteroatoms. The predicted octanol–water partition coefficient (Wildman–Crippen LogP) is 13.4. The average molecular weight is 736 g/mol. The van der Waals surface area contributed by atoms with Crippen LogP contribution in [0.15, 0.2) is 191 Å². The van der Waals surface area contributed by atoms with Gasteiger partial charge >= 0.3 is 0 Å². The summed E-state index contributed by atoms with van der Waals surface area (Å²) in [4.78, 5) is 15.0. The predicted molar refractivity (Wildman–Crippen MR) is 230 cm³/mol. The maximum Gasteiger partial charge on any atom is 0.238 e. The van der Waals surface area contributed by atoms with Gasteiger partial charge in [-0.25, -0.2) is 4.98 Å². The summed E-state index contributed by atoms with van der Waals surface area (Å²) in [6.45, 7) is 0. The van der Waals surface area contributed by atoms with E-state index in [1.54, 1.807) is 0 Å². The Kier molecular flexibility index (Phi) is 5.82. The van der Waals surface area contributed by atoms with Gasteiger partial charge in [-0.1, -0.05) is 139 Å². The van der Waals surface area contributed by atoms with E-state index < -0.39 is 30.2 Å². The number of rotatable bonds is 5. The van der Waals surface area contributed by atoms with Crippen LogP contribution in [0.4, 0.5) is 0 Å². The molecule has 0 amide bonds. The highest BCUT2D eigenvalue weighted by atomic mass is 16.3. The molecule has 6 nitrogen and oxygen atoms in total. The molecule has 0 aliphatic heterocycles. The minimum atomic E-state index is -0.503. The molecule has 12 rings (SSSR count). The van der Waals surface area contributed by atoms with Crippen LogP contribution in [-0.4, -0.2) is 19.5 Å². The number of nitrogens with zero attached hydrogens (tertiary/aromatic N) is 4. The number of furan rings is 2. The van der Waals surface area contributed by atoms with E-state index in [0.717, 1.165) is 82.4 Å². The molecule has 0 bridgehead atoms. The second kappa shape index (κ2) is 12.3. The Balaban J connectivity index is 1.15. The van der Waals surface area contributed by atoms with Crippen molar-refractivity contribution in [1.82, 2.24) is 19.5 Å². The molecule has 4 aromatic heterocycles. The maximum atomic E-state index is 8.95. The summed E-state index contributed by atoms with van der Waals surface area (Å²) < 4.78 is 58.3. The Hall–Kier alpha value is -7.83. The van der Waals surface area contributed by atoms with Crippen LogP contribution in [0.5, 0.6) is 0 Å². The summed E-state index contributed by atoms with van der Waals surface area (Å²) in [5.74, 6) is 0.370. The molecule has 0 aliphatic rings. The summed E-state index contributed by atoms with van der Waals surface area (Å²) in [6.07, 6.45) is 0. The highest BCUT2D eigenvalue weighted by molar-refractivity contribution is 6.29. The first-order valence-electron chi connectivity index (χ1n) is 21.1. The lowest BCUT2D eigenvalue weighted by Crippen LogP contribution is -2.06. The maximum absolute atomic E-state index is 8.95. The van der Waals surface area contributed by atoms with Crippen LogP contribution in [0.3, 0.4) is 0 Å². The molecule has 0 saturated heterocycles.